The summed E-state index contributed by atoms with van der Waals surface area (Å²) in [5.41, 5.74) is 4.88. The number of aryl methyl sites for hydroxylation is 1. The number of amides is 3. The van der Waals surface area contributed by atoms with Crippen molar-refractivity contribution in [3.63, 3.8) is 0 Å². The smallest absolute Gasteiger partial charge is 0.320 e. The summed E-state index contributed by atoms with van der Waals surface area (Å²) in [6, 6.07) is 17.1. The van der Waals surface area contributed by atoms with E-state index in [9.17, 15) is 9.59 Å². The van der Waals surface area contributed by atoms with Crippen LogP contribution in [0.15, 0.2) is 60.8 Å². The molecule has 9 heteroatoms. The maximum Gasteiger partial charge on any atom is 0.320 e. The second-order valence-electron chi connectivity index (χ2n) is 10.1. The van der Waals surface area contributed by atoms with Crippen LogP contribution in [-0.2, 0) is 6.54 Å². The number of benzene rings is 2. The van der Waals surface area contributed by atoms with Gasteiger partial charge < -0.3 is 20.6 Å². The number of aromatic nitrogens is 1. The Labute approximate surface area is 235 Å². The molecule has 0 bridgehead atoms. The van der Waals surface area contributed by atoms with E-state index >= 15 is 0 Å². The molecule has 1 aliphatic heterocycles. The van der Waals surface area contributed by atoms with Crippen LogP contribution in [0.25, 0.3) is 0 Å². The molecule has 4 rings (SSSR count). The summed E-state index contributed by atoms with van der Waals surface area (Å²) in [5.74, 6) is 6.37. The summed E-state index contributed by atoms with van der Waals surface area (Å²) >= 11 is 0. The number of hydrogen-bond acceptors (Lipinski definition) is 6. The quantitative estimate of drug-likeness (QED) is 0.327. The van der Waals surface area contributed by atoms with Crippen molar-refractivity contribution >= 4 is 23.4 Å². The average molecular weight is 541 g/mol. The number of likely N-dealkylation sites (N-methyl/N-ethyl adjacent to an activating group) is 1. The Bertz CT molecular complexity index is 1380. The van der Waals surface area contributed by atoms with E-state index in [1.807, 2.05) is 25.1 Å². The second-order valence-corrected chi connectivity index (χ2v) is 10.1. The van der Waals surface area contributed by atoms with Crippen LogP contribution < -0.4 is 16.0 Å². The molecule has 3 amide bonds. The minimum Gasteiger partial charge on any atom is -0.395 e. The van der Waals surface area contributed by atoms with Crippen molar-refractivity contribution in [1.82, 2.24) is 20.1 Å². The number of nitrogens with one attached hydrogen (secondary N) is 3. The van der Waals surface area contributed by atoms with Gasteiger partial charge in [-0.15, -0.1) is 0 Å². The van der Waals surface area contributed by atoms with Crippen molar-refractivity contribution in [2.75, 3.05) is 51.0 Å². The van der Waals surface area contributed by atoms with Gasteiger partial charge in [0.05, 0.1) is 6.61 Å². The van der Waals surface area contributed by atoms with Crippen molar-refractivity contribution < 1.29 is 14.7 Å². The van der Waals surface area contributed by atoms with Crippen LogP contribution in [0.3, 0.4) is 0 Å². The van der Waals surface area contributed by atoms with Crippen molar-refractivity contribution in [1.29, 1.82) is 0 Å². The van der Waals surface area contributed by atoms with Crippen molar-refractivity contribution in [2.24, 2.45) is 0 Å². The van der Waals surface area contributed by atoms with Gasteiger partial charge in [-0.05, 0) is 75.0 Å². The van der Waals surface area contributed by atoms with Gasteiger partial charge in [-0.1, -0.05) is 30.0 Å². The molecule has 1 atom stereocenters. The molecule has 1 saturated heterocycles. The monoisotopic (exact) mass is 540 g/mol. The molecule has 1 aromatic heterocycles. The molecule has 1 fully saturated rings. The summed E-state index contributed by atoms with van der Waals surface area (Å²) in [6.07, 6.45) is 2.76. The largest absolute Gasteiger partial charge is 0.395 e. The van der Waals surface area contributed by atoms with Gasteiger partial charge in [0, 0.05) is 60.8 Å². The molecule has 3 aromatic rings. The number of hydrogen-bond donors (Lipinski definition) is 4. The van der Waals surface area contributed by atoms with Crippen molar-refractivity contribution in [3.05, 3.63) is 88.6 Å². The molecule has 208 valence electrons. The predicted octanol–water partition coefficient (Wildman–Crippen LogP) is 3.29. The molecule has 40 heavy (non-hydrogen) atoms. The van der Waals surface area contributed by atoms with E-state index in [-0.39, 0.29) is 19.1 Å². The Kier molecular flexibility index (Phi) is 9.86. The normalized spacial score (nSPS) is 14.9. The molecule has 0 unspecified atom stereocenters. The third-order valence-electron chi connectivity index (χ3n) is 6.84. The number of anilines is 2. The van der Waals surface area contributed by atoms with Gasteiger partial charge in [-0.3, -0.25) is 15.0 Å². The lowest BCUT2D eigenvalue weighted by molar-refractivity contribution is 0.102. The lowest BCUT2D eigenvalue weighted by Crippen LogP contribution is -2.31. The number of pyridine rings is 1. The van der Waals surface area contributed by atoms with Crippen LogP contribution in [-0.4, -0.2) is 78.2 Å². The zero-order valence-corrected chi connectivity index (χ0v) is 23.2. The van der Waals surface area contributed by atoms with Gasteiger partial charge in [0.25, 0.3) is 5.91 Å². The molecule has 0 saturated carbocycles. The van der Waals surface area contributed by atoms with Crippen LogP contribution in [0.4, 0.5) is 16.3 Å². The van der Waals surface area contributed by atoms with E-state index in [0.29, 0.717) is 23.0 Å². The van der Waals surface area contributed by atoms with Gasteiger partial charge in [-0.2, -0.15) is 0 Å². The van der Waals surface area contributed by atoms with Gasteiger partial charge in [0.1, 0.15) is 5.82 Å². The number of urea groups is 1. The Morgan fingerprint density at radius 1 is 1.07 bits per heavy atom. The molecule has 0 radical (unpaired) electrons. The first-order chi connectivity index (χ1) is 19.3. The fourth-order valence-electron chi connectivity index (χ4n) is 4.44. The molecule has 0 aliphatic carbocycles. The van der Waals surface area contributed by atoms with Crippen LogP contribution in [0.5, 0.6) is 0 Å². The maximum atomic E-state index is 13.0. The third kappa shape index (κ3) is 8.13. The van der Waals surface area contributed by atoms with Gasteiger partial charge in [0.15, 0.2) is 0 Å². The Hall–Kier alpha value is -4.23. The first-order valence-electron chi connectivity index (χ1n) is 13.3. The Balaban J connectivity index is 1.35. The van der Waals surface area contributed by atoms with Crippen LogP contribution in [0.2, 0.25) is 0 Å². The molecule has 0 spiro atoms. The van der Waals surface area contributed by atoms with Crippen LogP contribution >= 0.6 is 0 Å². The summed E-state index contributed by atoms with van der Waals surface area (Å²) in [7, 11) is 4.27. The highest BCUT2D eigenvalue weighted by Gasteiger charge is 2.23. The standard InChI is InChI=1S/C31H36N6O3/c1-22-4-9-26(18-25(22)10-5-23-8-13-29(33-19-23)35-31(40)32-15-17-38)30(39)34-27-11-6-24(7-12-27)20-37-16-14-28(21-37)36(2)3/h4,6-9,11-13,18-19,28,38H,14-17,20-21H2,1-3H3,(H,34,39)(H2,32,33,35,40)/t28-/m1/s1. The van der Waals surface area contributed by atoms with Crippen molar-refractivity contribution in [3.8, 4) is 11.8 Å². The third-order valence-corrected chi connectivity index (χ3v) is 6.84. The summed E-state index contributed by atoms with van der Waals surface area (Å²) in [4.78, 5) is 33.6. The lowest BCUT2D eigenvalue weighted by Gasteiger charge is -2.20. The maximum absolute atomic E-state index is 13.0. The number of aliphatic hydroxyl groups excluding tert-OH is 1. The highest BCUT2D eigenvalue weighted by Crippen LogP contribution is 2.19. The molecular weight excluding hydrogens is 504 g/mol. The van der Waals surface area contributed by atoms with Gasteiger partial charge >= 0.3 is 6.03 Å². The molecule has 4 N–H and O–H groups in total. The number of nitrogens with zero attached hydrogens (tertiary/aromatic N) is 3. The fourth-order valence-corrected chi connectivity index (χ4v) is 4.44. The molecular formula is C31H36N6O3. The fraction of sp³-hybridized carbons (Fsp3) is 0.323. The van der Waals surface area contributed by atoms with E-state index < -0.39 is 6.03 Å². The molecule has 2 aromatic carbocycles. The SMILES string of the molecule is Cc1ccc(C(=O)Nc2ccc(CN3CC[C@@H](N(C)C)C3)cc2)cc1C#Cc1ccc(NC(=O)NCCO)nc1. The summed E-state index contributed by atoms with van der Waals surface area (Å²) < 4.78 is 0. The number of rotatable bonds is 8. The van der Waals surface area contributed by atoms with E-state index in [1.54, 1.807) is 30.5 Å². The zero-order chi connectivity index (χ0) is 28.5. The second kappa shape index (κ2) is 13.7. The van der Waals surface area contributed by atoms with Crippen LogP contribution in [0, 0.1) is 18.8 Å². The topological polar surface area (TPSA) is 110 Å². The number of carbonyl (C=O) groups excluding carboxylic acids is 2. The average Bonchev–Trinajstić information content (AvgIpc) is 3.42. The minimum absolute atomic E-state index is 0.137. The Morgan fingerprint density at radius 2 is 1.88 bits per heavy atom. The van der Waals surface area contributed by atoms with E-state index in [1.165, 1.54) is 12.0 Å². The number of likely N-dealkylation sites (tertiary alicyclic amines) is 1. The highest BCUT2D eigenvalue weighted by molar-refractivity contribution is 6.04. The number of aliphatic hydroxyl groups is 1. The zero-order valence-electron chi connectivity index (χ0n) is 23.2. The van der Waals surface area contributed by atoms with Gasteiger partial charge in [0.2, 0.25) is 0 Å². The molecule has 1 aliphatic rings. The van der Waals surface area contributed by atoms with Gasteiger partial charge in [-0.25, -0.2) is 9.78 Å². The Morgan fingerprint density at radius 3 is 2.55 bits per heavy atom. The highest BCUT2D eigenvalue weighted by atomic mass is 16.3. The molecule has 2 heterocycles. The van der Waals surface area contributed by atoms with E-state index in [4.69, 9.17) is 5.11 Å². The van der Waals surface area contributed by atoms with E-state index in [0.717, 1.165) is 36.4 Å². The number of carbonyl (C=O) groups is 2. The summed E-state index contributed by atoms with van der Waals surface area (Å²) in [6.45, 7) is 5.06. The summed E-state index contributed by atoms with van der Waals surface area (Å²) in [5, 5.41) is 16.8. The first kappa shape index (κ1) is 28.8. The van der Waals surface area contributed by atoms with Crippen molar-refractivity contribution in [2.45, 2.75) is 25.9 Å². The predicted molar refractivity (Wildman–Crippen MR) is 157 cm³/mol. The first-order valence-corrected chi connectivity index (χ1v) is 13.3. The molecule has 9 nitrogen and oxygen atoms in total. The van der Waals surface area contributed by atoms with Crippen LogP contribution in [0.1, 0.15) is 39.0 Å². The lowest BCUT2D eigenvalue weighted by atomic mass is 10.0. The minimum atomic E-state index is -0.442. The van der Waals surface area contributed by atoms with E-state index in [2.05, 4.69) is 68.8 Å².